The van der Waals surface area contributed by atoms with Crippen molar-refractivity contribution >= 4 is 36.3 Å². The molecule has 1 unspecified atom stereocenters. The highest BCUT2D eigenvalue weighted by Crippen LogP contribution is 2.85. The van der Waals surface area contributed by atoms with E-state index in [-0.39, 0.29) is 0 Å². The van der Waals surface area contributed by atoms with Gasteiger partial charge in [-0.3, -0.25) is 0 Å². The number of rotatable bonds is 5. The summed E-state index contributed by atoms with van der Waals surface area (Å²) < 4.78 is 14.9. The fourth-order valence-electron chi connectivity index (χ4n) is 3.80. The largest absolute Gasteiger partial charge is 0.309 e. The van der Waals surface area contributed by atoms with Crippen molar-refractivity contribution in [3.8, 4) is 0 Å². The van der Waals surface area contributed by atoms with Gasteiger partial charge >= 0.3 is 0 Å². The van der Waals surface area contributed by atoms with Crippen molar-refractivity contribution in [2.45, 2.75) is 0 Å². The molecule has 1 atom stereocenters. The molecule has 140 valence electrons. The molecule has 1 aliphatic rings. The third kappa shape index (κ3) is 3.22. The molecule has 0 spiro atoms. The van der Waals surface area contributed by atoms with Crippen LogP contribution in [0.4, 0.5) is 0 Å². The molecule has 1 nitrogen and oxygen atoms in total. The minimum Gasteiger partial charge on any atom is -0.309 e. The van der Waals surface area contributed by atoms with Gasteiger partial charge in [-0.1, -0.05) is 121 Å². The fourth-order valence-corrected chi connectivity index (χ4v) is 11.2. The maximum atomic E-state index is 14.9. The SMILES string of the molecule is O=P(C1=C(c2ccccc2)P1c1ccccc1)(c1ccccc1)c1ccccc1. The van der Waals surface area contributed by atoms with Crippen molar-refractivity contribution in [1.82, 2.24) is 0 Å². The third-order valence-corrected chi connectivity index (χ3v) is 11.9. The zero-order valence-corrected chi connectivity index (χ0v) is 17.6. The number of hydrogen-bond donors (Lipinski definition) is 0. The van der Waals surface area contributed by atoms with E-state index in [0.29, 0.717) is 0 Å². The van der Waals surface area contributed by atoms with E-state index in [1.165, 1.54) is 16.2 Å². The Morgan fingerprint density at radius 1 is 0.517 bits per heavy atom. The van der Waals surface area contributed by atoms with Gasteiger partial charge in [0.1, 0.15) is 0 Å². The van der Waals surface area contributed by atoms with E-state index >= 15 is 0 Å². The van der Waals surface area contributed by atoms with Crippen molar-refractivity contribution in [3.05, 3.63) is 132 Å². The standard InChI is InChI=1S/C26H20OP2/c27-29(23-17-9-3-10-18-23,24-19-11-4-12-20-24)26-25(21-13-5-1-6-14-21)28(26)22-15-7-2-8-16-22/h1-20H. The van der Waals surface area contributed by atoms with E-state index in [1.807, 2.05) is 72.8 Å². The van der Waals surface area contributed by atoms with Gasteiger partial charge in [0.05, 0.1) is 0 Å². The van der Waals surface area contributed by atoms with Crippen LogP contribution < -0.4 is 15.9 Å². The van der Waals surface area contributed by atoms with Crippen LogP contribution in [0.15, 0.2) is 126 Å². The first-order valence-corrected chi connectivity index (χ1v) is 12.7. The Balaban J connectivity index is 1.75. The lowest BCUT2D eigenvalue weighted by molar-refractivity contribution is 0.592. The Labute approximate surface area is 172 Å². The lowest BCUT2D eigenvalue weighted by Gasteiger charge is -2.18. The summed E-state index contributed by atoms with van der Waals surface area (Å²) in [7, 11) is -3.63. The molecule has 29 heavy (non-hydrogen) atoms. The van der Waals surface area contributed by atoms with Gasteiger partial charge in [-0.15, -0.1) is 0 Å². The molecule has 0 fully saturated rings. The molecule has 0 amide bonds. The second-order valence-corrected chi connectivity index (χ2v) is 12.1. The smallest absolute Gasteiger partial charge is 0.172 e. The molecule has 0 bridgehead atoms. The number of benzene rings is 4. The summed E-state index contributed by atoms with van der Waals surface area (Å²) in [5.74, 6) is 0. The lowest BCUT2D eigenvalue weighted by atomic mass is 10.2. The maximum Gasteiger partial charge on any atom is 0.172 e. The Kier molecular flexibility index (Phi) is 4.80. The summed E-state index contributed by atoms with van der Waals surface area (Å²) in [6.07, 6.45) is 0. The van der Waals surface area contributed by atoms with Crippen LogP contribution >= 0.6 is 15.1 Å². The number of hydrogen-bond acceptors (Lipinski definition) is 1. The predicted octanol–water partition coefficient (Wildman–Crippen LogP) is 6.15. The molecule has 1 aliphatic heterocycles. The predicted molar refractivity (Wildman–Crippen MR) is 126 cm³/mol. The van der Waals surface area contributed by atoms with Crippen LogP contribution in [0.3, 0.4) is 0 Å². The highest BCUT2D eigenvalue weighted by molar-refractivity contribution is 8.06. The van der Waals surface area contributed by atoms with E-state index in [1.54, 1.807) is 0 Å². The minimum absolute atomic E-state index is 0.714. The Bertz CT molecular complexity index is 1160. The van der Waals surface area contributed by atoms with Gasteiger partial charge in [-0.05, 0) is 18.8 Å². The van der Waals surface area contributed by atoms with Gasteiger partial charge in [0.15, 0.2) is 7.14 Å². The maximum absolute atomic E-state index is 14.9. The van der Waals surface area contributed by atoms with Crippen molar-refractivity contribution in [1.29, 1.82) is 0 Å². The van der Waals surface area contributed by atoms with Crippen LogP contribution in [0.5, 0.6) is 0 Å². The molecular weight excluding hydrogens is 390 g/mol. The molecular formula is C26H20OP2. The summed E-state index contributed by atoms with van der Waals surface area (Å²) >= 11 is 0. The van der Waals surface area contributed by atoms with Crippen molar-refractivity contribution in [2.24, 2.45) is 0 Å². The summed E-state index contributed by atoms with van der Waals surface area (Å²) in [5.41, 5.74) is 1.18. The first-order chi connectivity index (χ1) is 14.3. The van der Waals surface area contributed by atoms with Crippen molar-refractivity contribution in [2.75, 3.05) is 0 Å². The molecule has 0 aromatic heterocycles. The van der Waals surface area contributed by atoms with Gasteiger partial charge in [-0.25, -0.2) is 0 Å². The Morgan fingerprint density at radius 2 is 0.931 bits per heavy atom. The summed E-state index contributed by atoms with van der Waals surface area (Å²) in [6.45, 7) is 0. The average molecular weight is 410 g/mol. The van der Waals surface area contributed by atoms with Crippen LogP contribution in [0.25, 0.3) is 5.31 Å². The zero-order valence-electron chi connectivity index (χ0n) is 15.8. The third-order valence-electron chi connectivity index (χ3n) is 5.20. The molecule has 0 aliphatic carbocycles. The summed E-state index contributed by atoms with van der Waals surface area (Å²) in [6, 6.07) is 40.9. The lowest BCUT2D eigenvalue weighted by Crippen LogP contribution is -2.15. The molecule has 1 heterocycles. The van der Waals surface area contributed by atoms with E-state index in [4.69, 9.17) is 0 Å². The van der Waals surface area contributed by atoms with Gasteiger partial charge in [-0.2, -0.15) is 0 Å². The molecule has 5 rings (SSSR count). The quantitative estimate of drug-likeness (QED) is 0.361. The monoisotopic (exact) mass is 410 g/mol. The molecule has 4 aromatic rings. The average Bonchev–Trinajstić information content (AvgIpc) is 3.57. The van der Waals surface area contributed by atoms with Crippen LogP contribution in [0.2, 0.25) is 0 Å². The molecule has 0 saturated heterocycles. The van der Waals surface area contributed by atoms with Crippen molar-refractivity contribution in [3.63, 3.8) is 0 Å². The Morgan fingerprint density at radius 3 is 1.41 bits per heavy atom. The molecule has 4 aromatic carbocycles. The second-order valence-electron chi connectivity index (χ2n) is 6.99. The van der Waals surface area contributed by atoms with Crippen molar-refractivity contribution < 1.29 is 4.57 Å². The van der Waals surface area contributed by atoms with E-state index in [0.717, 1.165) is 15.7 Å². The Hall–Kier alpha value is -2.72. The van der Waals surface area contributed by atoms with E-state index in [9.17, 15) is 4.57 Å². The van der Waals surface area contributed by atoms with Gasteiger partial charge < -0.3 is 4.57 Å². The first-order valence-electron chi connectivity index (χ1n) is 9.67. The normalized spacial score (nSPS) is 15.9. The van der Waals surface area contributed by atoms with Crippen LogP contribution in [-0.2, 0) is 4.57 Å². The van der Waals surface area contributed by atoms with E-state index < -0.39 is 15.1 Å². The van der Waals surface area contributed by atoms with E-state index in [2.05, 4.69) is 48.5 Å². The van der Waals surface area contributed by atoms with Crippen LogP contribution in [0.1, 0.15) is 5.56 Å². The fraction of sp³-hybridized carbons (Fsp3) is 0. The highest BCUT2D eigenvalue weighted by Gasteiger charge is 2.50. The minimum atomic E-state index is -2.92. The topological polar surface area (TPSA) is 17.1 Å². The zero-order chi connectivity index (χ0) is 19.7. The van der Waals surface area contributed by atoms with Gasteiger partial charge in [0, 0.05) is 21.0 Å². The summed E-state index contributed by atoms with van der Waals surface area (Å²) in [4.78, 5) is 0. The van der Waals surface area contributed by atoms with Gasteiger partial charge in [0.25, 0.3) is 0 Å². The molecule has 0 radical (unpaired) electrons. The molecule has 3 heteroatoms. The summed E-state index contributed by atoms with van der Waals surface area (Å²) in [5, 5.41) is 5.49. The molecule has 0 saturated carbocycles. The van der Waals surface area contributed by atoms with Crippen LogP contribution in [-0.4, -0.2) is 0 Å². The van der Waals surface area contributed by atoms with Crippen LogP contribution in [0, 0.1) is 0 Å². The first kappa shape index (κ1) is 18.3. The second kappa shape index (κ2) is 7.60. The molecule has 0 N–H and O–H groups in total. The van der Waals surface area contributed by atoms with Gasteiger partial charge in [0.2, 0.25) is 0 Å². The highest BCUT2D eigenvalue weighted by atomic mass is 31.2.